The number of hydrogen-bond donors (Lipinski definition) is 0. The van der Waals surface area contributed by atoms with E-state index in [1.165, 1.54) is 69.9 Å². The molecular weight excluding hydrogens is 369 g/mol. The van der Waals surface area contributed by atoms with Crippen LogP contribution in [0.1, 0.15) is 102 Å². The summed E-state index contributed by atoms with van der Waals surface area (Å²) < 4.78 is 40.2. The zero-order chi connectivity index (χ0) is 20.6. The fourth-order valence-electron chi connectivity index (χ4n) is 5.30. The van der Waals surface area contributed by atoms with Gasteiger partial charge in [0.2, 0.25) is 0 Å². The summed E-state index contributed by atoms with van der Waals surface area (Å²) in [6.45, 7) is 2.27. The average Bonchev–Trinajstić information content (AvgIpc) is 2.74. The van der Waals surface area contributed by atoms with Gasteiger partial charge in [-0.2, -0.15) is 0 Å². The maximum atomic E-state index is 13.5. The van der Waals surface area contributed by atoms with Crippen LogP contribution >= 0.6 is 0 Å². The molecule has 2 fully saturated rings. The minimum absolute atomic E-state index is 0.146. The van der Waals surface area contributed by atoms with Crippen LogP contribution in [0.15, 0.2) is 24.3 Å². The van der Waals surface area contributed by atoms with E-state index in [9.17, 15) is 13.2 Å². The first-order valence-corrected chi connectivity index (χ1v) is 11.9. The minimum Gasteiger partial charge on any atom is -0.204 e. The largest absolute Gasteiger partial charge is 0.204 e. The number of allylic oxidation sites excluding steroid dienone is 2. The Kier molecular flexibility index (Phi) is 8.68. The summed E-state index contributed by atoms with van der Waals surface area (Å²) >= 11 is 0. The van der Waals surface area contributed by atoms with Crippen molar-refractivity contribution in [2.75, 3.05) is 0 Å². The molecule has 0 nitrogen and oxygen atoms in total. The van der Waals surface area contributed by atoms with Crippen molar-refractivity contribution in [1.82, 2.24) is 0 Å². The van der Waals surface area contributed by atoms with Gasteiger partial charge >= 0.3 is 0 Å². The van der Waals surface area contributed by atoms with Gasteiger partial charge < -0.3 is 0 Å². The van der Waals surface area contributed by atoms with Gasteiger partial charge in [-0.1, -0.05) is 51.2 Å². The zero-order valence-electron chi connectivity index (χ0n) is 17.9. The maximum Gasteiger partial charge on any atom is 0.194 e. The fourth-order valence-corrected chi connectivity index (χ4v) is 5.30. The second-order valence-corrected chi connectivity index (χ2v) is 9.43. The highest BCUT2D eigenvalue weighted by Crippen LogP contribution is 2.38. The monoisotopic (exact) mass is 406 g/mol. The molecule has 0 aliphatic heterocycles. The summed E-state index contributed by atoms with van der Waals surface area (Å²) in [5.74, 6) is -1.09. The SMILES string of the molecule is CCCCCC[C@H]1CC[C@H](/C=C/[C@H]2CC[C@H](c3cc(F)c(F)c(F)c3)CC2)CC1. The van der Waals surface area contributed by atoms with E-state index in [1.807, 2.05) is 0 Å². The Bertz CT molecular complexity index is 627. The molecule has 29 heavy (non-hydrogen) atoms. The van der Waals surface area contributed by atoms with Crippen LogP contribution in [-0.4, -0.2) is 0 Å². The van der Waals surface area contributed by atoms with E-state index >= 15 is 0 Å². The van der Waals surface area contributed by atoms with Gasteiger partial charge in [-0.3, -0.25) is 0 Å². The molecular formula is C26H37F3. The molecule has 2 saturated carbocycles. The second-order valence-electron chi connectivity index (χ2n) is 9.43. The Morgan fingerprint density at radius 2 is 1.31 bits per heavy atom. The Hall–Kier alpha value is -1.25. The van der Waals surface area contributed by atoms with Gasteiger partial charge in [0.25, 0.3) is 0 Å². The third-order valence-electron chi connectivity index (χ3n) is 7.26. The smallest absolute Gasteiger partial charge is 0.194 e. The van der Waals surface area contributed by atoms with Crippen LogP contribution in [-0.2, 0) is 0 Å². The Morgan fingerprint density at radius 3 is 1.86 bits per heavy atom. The van der Waals surface area contributed by atoms with Crippen molar-refractivity contribution >= 4 is 0 Å². The first-order valence-electron chi connectivity index (χ1n) is 11.9. The predicted octanol–water partition coefficient (Wildman–Crippen LogP) is 8.71. The topological polar surface area (TPSA) is 0 Å². The second kappa shape index (κ2) is 11.2. The third kappa shape index (κ3) is 6.62. The molecule has 2 aliphatic rings. The highest BCUT2D eigenvalue weighted by Gasteiger charge is 2.24. The van der Waals surface area contributed by atoms with Crippen LogP contribution < -0.4 is 0 Å². The molecule has 1 aromatic rings. The number of unbranched alkanes of at least 4 members (excludes halogenated alkanes) is 3. The van der Waals surface area contributed by atoms with E-state index < -0.39 is 17.5 Å². The van der Waals surface area contributed by atoms with Crippen LogP contribution in [0.25, 0.3) is 0 Å². The first kappa shape index (κ1) is 22.4. The molecule has 0 unspecified atom stereocenters. The van der Waals surface area contributed by atoms with Gasteiger partial charge in [0.1, 0.15) is 0 Å². The van der Waals surface area contributed by atoms with Crippen molar-refractivity contribution in [1.29, 1.82) is 0 Å². The average molecular weight is 407 g/mol. The molecule has 3 heteroatoms. The standard InChI is InChI=1S/C26H37F3/c1-2-3-4-5-6-19-7-9-20(10-8-19)11-12-21-13-15-22(16-14-21)23-17-24(27)26(29)25(28)18-23/h11-12,17-22H,2-10,13-16H2,1H3/b12-11+/t19-,20-,21-,22-. The number of halogens is 3. The van der Waals surface area contributed by atoms with Gasteiger partial charge in [0.15, 0.2) is 17.5 Å². The van der Waals surface area contributed by atoms with Crippen molar-refractivity contribution in [3.05, 3.63) is 47.3 Å². The van der Waals surface area contributed by atoms with Crippen LogP contribution in [0.2, 0.25) is 0 Å². The van der Waals surface area contributed by atoms with Gasteiger partial charge in [0, 0.05) is 0 Å². The molecule has 0 amide bonds. The summed E-state index contributed by atoms with van der Waals surface area (Å²) in [7, 11) is 0. The Balaban J connectivity index is 1.38. The molecule has 0 saturated heterocycles. The summed E-state index contributed by atoms with van der Waals surface area (Å²) in [5, 5.41) is 0. The highest BCUT2D eigenvalue weighted by molar-refractivity contribution is 5.23. The molecule has 0 atom stereocenters. The van der Waals surface area contributed by atoms with Crippen LogP contribution in [0.5, 0.6) is 0 Å². The summed E-state index contributed by atoms with van der Waals surface area (Å²) in [4.78, 5) is 0. The van der Waals surface area contributed by atoms with Crippen molar-refractivity contribution in [2.45, 2.75) is 96.3 Å². The van der Waals surface area contributed by atoms with Crippen LogP contribution in [0, 0.1) is 35.2 Å². The van der Waals surface area contributed by atoms with E-state index in [1.54, 1.807) is 0 Å². The van der Waals surface area contributed by atoms with E-state index in [0.717, 1.165) is 37.5 Å². The molecule has 0 aromatic heterocycles. The molecule has 0 spiro atoms. The predicted molar refractivity (Wildman–Crippen MR) is 114 cm³/mol. The lowest BCUT2D eigenvalue weighted by Gasteiger charge is -2.29. The lowest BCUT2D eigenvalue weighted by Crippen LogP contribution is -2.15. The number of rotatable bonds is 8. The number of benzene rings is 1. The highest BCUT2D eigenvalue weighted by atomic mass is 19.2. The van der Waals surface area contributed by atoms with Gasteiger partial charge in [-0.05, 0) is 92.7 Å². The lowest BCUT2D eigenvalue weighted by molar-refractivity contribution is 0.287. The van der Waals surface area contributed by atoms with E-state index in [4.69, 9.17) is 0 Å². The Labute approximate surface area is 175 Å². The molecule has 0 heterocycles. The lowest BCUT2D eigenvalue weighted by atomic mass is 9.76. The van der Waals surface area contributed by atoms with Crippen molar-refractivity contribution < 1.29 is 13.2 Å². The minimum atomic E-state index is -1.36. The van der Waals surface area contributed by atoms with Gasteiger partial charge in [-0.25, -0.2) is 13.2 Å². The van der Waals surface area contributed by atoms with E-state index in [-0.39, 0.29) is 5.92 Å². The first-order chi connectivity index (χ1) is 14.1. The van der Waals surface area contributed by atoms with Crippen molar-refractivity contribution in [3.63, 3.8) is 0 Å². The third-order valence-corrected chi connectivity index (χ3v) is 7.26. The van der Waals surface area contributed by atoms with Crippen molar-refractivity contribution in [3.8, 4) is 0 Å². The summed E-state index contributed by atoms with van der Waals surface area (Å²) in [5.41, 5.74) is 0.612. The Morgan fingerprint density at radius 1 is 0.759 bits per heavy atom. The molecule has 0 bridgehead atoms. The molecule has 162 valence electrons. The summed E-state index contributed by atoms with van der Waals surface area (Å²) in [6.07, 6.45) is 21.2. The van der Waals surface area contributed by atoms with Gasteiger partial charge in [0.05, 0.1) is 0 Å². The molecule has 2 aliphatic carbocycles. The van der Waals surface area contributed by atoms with E-state index in [2.05, 4.69) is 19.1 Å². The summed E-state index contributed by atoms with van der Waals surface area (Å²) in [6, 6.07) is 2.36. The zero-order valence-corrected chi connectivity index (χ0v) is 17.9. The number of hydrogen-bond acceptors (Lipinski definition) is 0. The molecule has 0 N–H and O–H groups in total. The van der Waals surface area contributed by atoms with Crippen LogP contribution in [0.4, 0.5) is 13.2 Å². The molecule has 0 radical (unpaired) electrons. The normalized spacial score (nSPS) is 28.1. The van der Waals surface area contributed by atoms with Gasteiger partial charge in [-0.15, -0.1) is 0 Å². The molecule has 1 aromatic carbocycles. The maximum absolute atomic E-state index is 13.5. The van der Waals surface area contributed by atoms with Crippen molar-refractivity contribution in [2.24, 2.45) is 17.8 Å². The van der Waals surface area contributed by atoms with Crippen LogP contribution in [0.3, 0.4) is 0 Å². The quantitative estimate of drug-likeness (QED) is 0.230. The van der Waals surface area contributed by atoms with E-state index in [0.29, 0.717) is 11.5 Å². The molecule has 3 rings (SSSR count). The fraction of sp³-hybridized carbons (Fsp3) is 0.692.